The van der Waals surface area contributed by atoms with Crippen molar-refractivity contribution in [2.75, 3.05) is 11.9 Å². The Bertz CT molecular complexity index is 1080. The van der Waals surface area contributed by atoms with Crippen molar-refractivity contribution in [1.82, 2.24) is 15.0 Å². The van der Waals surface area contributed by atoms with Crippen LogP contribution >= 0.6 is 11.3 Å². The first-order valence-corrected chi connectivity index (χ1v) is 9.29. The van der Waals surface area contributed by atoms with Gasteiger partial charge in [0.1, 0.15) is 0 Å². The number of rotatable bonds is 5. The second-order valence-corrected chi connectivity index (χ2v) is 7.25. The summed E-state index contributed by atoms with van der Waals surface area (Å²) in [6.07, 6.45) is -1.54. The minimum Gasteiger partial charge on any atom is -0.377 e. The number of hydrogen-bond donors (Lipinski definition) is 3. The molecule has 0 bridgehead atoms. The molecule has 0 saturated carbocycles. The number of fused-ring (bicyclic) bond motifs is 1. The smallest absolute Gasteiger partial charge is 0.377 e. The molecule has 0 aliphatic rings. The molecular formula is C19H16F3N5S. The van der Waals surface area contributed by atoms with Gasteiger partial charge in [-0.3, -0.25) is 0 Å². The molecular weight excluding hydrogens is 387 g/mol. The van der Waals surface area contributed by atoms with Crippen LogP contribution < -0.4 is 11.1 Å². The molecule has 5 nitrogen and oxygen atoms in total. The minimum atomic E-state index is -4.42. The van der Waals surface area contributed by atoms with Gasteiger partial charge in [0.15, 0.2) is 5.01 Å². The lowest BCUT2D eigenvalue weighted by molar-refractivity contribution is -0.137. The van der Waals surface area contributed by atoms with E-state index in [4.69, 9.17) is 5.73 Å². The Morgan fingerprint density at radius 3 is 2.57 bits per heavy atom. The summed E-state index contributed by atoms with van der Waals surface area (Å²) in [7, 11) is 0. The minimum absolute atomic E-state index is 0.137. The number of nitrogens with two attached hydrogens (primary N) is 1. The van der Waals surface area contributed by atoms with Crippen LogP contribution in [0, 0.1) is 0 Å². The van der Waals surface area contributed by atoms with Crippen molar-refractivity contribution >= 4 is 28.1 Å². The molecule has 4 rings (SSSR count). The summed E-state index contributed by atoms with van der Waals surface area (Å²) in [5, 5.41) is 2.53. The number of halogens is 3. The summed E-state index contributed by atoms with van der Waals surface area (Å²) in [5.74, 6) is 0. The van der Waals surface area contributed by atoms with Crippen molar-refractivity contribution in [2.45, 2.75) is 12.2 Å². The Kier molecular flexibility index (Phi) is 4.78. The molecule has 0 aliphatic carbocycles. The Balaban J connectivity index is 1.53. The monoisotopic (exact) mass is 403 g/mol. The van der Waals surface area contributed by atoms with Crippen molar-refractivity contribution in [3.05, 3.63) is 65.6 Å². The van der Waals surface area contributed by atoms with E-state index >= 15 is 0 Å². The van der Waals surface area contributed by atoms with E-state index in [1.165, 1.54) is 6.20 Å². The summed E-state index contributed by atoms with van der Waals surface area (Å²) >= 11 is 0.632. The highest BCUT2D eigenvalue weighted by molar-refractivity contribution is 7.15. The first-order chi connectivity index (χ1) is 13.4. The average molecular weight is 403 g/mol. The van der Waals surface area contributed by atoms with Gasteiger partial charge >= 0.3 is 6.18 Å². The quantitative estimate of drug-likeness (QED) is 0.446. The van der Waals surface area contributed by atoms with Crippen LogP contribution in [0.4, 0.5) is 18.9 Å². The van der Waals surface area contributed by atoms with Crippen LogP contribution in [0.5, 0.6) is 0 Å². The lowest BCUT2D eigenvalue weighted by Crippen LogP contribution is -2.20. The largest absolute Gasteiger partial charge is 0.443 e. The number of hydrogen-bond acceptors (Lipinski definition) is 5. The number of aromatic nitrogens is 3. The maximum Gasteiger partial charge on any atom is 0.443 e. The van der Waals surface area contributed by atoms with E-state index in [2.05, 4.69) is 20.3 Å². The zero-order valence-corrected chi connectivity index (χ0v) is 15.3. The maximum absolute atomic E-state index is 12.7. The van der Waals surface area contributed by atoms with Gasteiger partial charge in [-0.2, -0.15) is 13.2 Å². The highest BCUT2D eigenvalue weighted by Crippen LogP contribution is 2.36. The van der Waals surface area contributed by atoms with Crippen LogP contribution in [0.2, 0.25) is 0 Å². The van der Waals surface area contributed by atoms with Crippen LogP contribution in [-0.4, -0.2) is 21.5 Å². The van der Waals surface area contributed by atoms with Gasteiger partial charge in [-0.05, 0) is 29.3 Å². The van der Waals surface area contributed by atoms with Crippen LogP contribution in [-0.2, 0) is 6.18 Å². The van der Waals surface area contributed by atoms with Crippen molar-refractivity contribution < 1.29 is 13.2 Å². The van der Waals surface area contributed by atoms with E-state index in [1.807, 2.05) is 30.3 Å². The molecule has 0 fully saturated rings. The molecule has 1 atom stereocenters. The van der Waals surface area contributed by atoms with Crippen LogP contribution in [0.15, 0.2) is 55.0 Å². The third-order valence-corrected chi connectivity index (χ3v) is 5.43. The van der Waals surface area contributed by atoms with Gasteiger partial charge in [-0.25, -0.2) is 9.97 Å². The Morgan fingerprint density at radius 2 is 1.89 bits per heavy atom. The van der Waals surface area contributed by atoms with Gasteiger partial charge in [0.25, 0.3) is 0 Å². The van der Waals surface area contributed by atoms with Gasteiger partial charge in [0.05, 0.1) is 28.3 Å². The van der Waals surface area contributed by atoms with E-state index in [0.717, 1.165) is 22.3 Å². The van der Waals surface area contributed by atoms with Gasteiger partial charge in [0.2, 0.25) is 0 Å². The molecule has 9 heteroatoms. The van der Waals surface area contributed by atoms with E-state index in [1.54, 1.807) is 18.5 Å². The lowest BCUT2D eigenvalue weighted by Gasteiger charge is -2.19. The maximum atomic E-state index is 12.7. The van der Waals surface area contributed by atoms with E-state index < -0.39 is 11.2 Å². The molecule has 4 aromatic rings. The summed E-state index contributed by atoms with van der Waals surface area (Å²) in [4.78, 5) is 11.2. The zero-order valence-electron chi connectivity index (χ0n) is 14.5. The van der Waals surface area contributed by atoms with E-state index in [-0.39, 0.29) is 6.04 Å². The molecule has 2 aromatic heterocycles. The molecule has 1 unspecified atom stereocenters. The van der Waals surface area contributed by atoms with Crippen LogP contribution in [0.25, 0.3) is 21.5 Å². The molecule has 0 amide bonds. The van der Waals surface area contributed by atoms with Gasteiger partial charge in [0, 0.05) is 18.4 Å². The first kappa shape index (κ1) is 18.5. The van der Waals surface area contributed by atoms with E-state index in [0.29, 0.717) is 28.3 Å². The molecule has 4 N–H and O–H groups in total. The number of thiazole rings is 1. The fraction of sp³-hybridized carbons (Fsp3) is 0.158. The topological polar surface area (TPSA) is 79.6 Å². The third kappa shape index (κ3) is 3.71. The zero-order chi connectivity index (χ0) is 19.7. The number of anilines is 1. The number of nitrogens with one attached hydrogen (secondary N) is 2. The van der Waals surface area contributed by atoms with Crippen LogP contribution in [0.3, 0.4) is 0 Å². The standard InChI is InChI=1S/C19H16F3N5S/c20-19(21,22)18-24-9-17(28-18)12-3-1-11(2-4-12)16(8-23)27-13-5-6-14-15(7-13)26-10-25-14/h1-7,9-10,16,27H,8,23H2,(H,25,26). The van der Waals surface area contributed by atoms with Gasteiger partial charge in [-0.15, -0.1) is 11.3 Å². The number of benzene rings is 2. The molecule has 2 aromatic carbocycles. The SMILES string of the molecule is NCC(Nc1ccc2nc[nH]c2c1)c1ccc(-c2cnc(C(F)(F)F)s2)cc1. The van der Waals surface area contributed by atoms with Gasteiger partial charge < -0.3 is 16.0 Å². The number of nitrogens with zero attached hydrogens (tertiary/aromatic N) is 2. The molecule has 0 saturated heterocycles. The fourth-order valence-electron chi connectivity index (χ4n) is 2.92. The first-order valence-electron chi connectivity index (χ1n) is 8.47. The molecule has 0 aliphatic heterocycles. The Labute approximate surface area is 162 Å². The van der Waals surface area contributed by atoms with Crippen molar-refractivity contribution in [1.29, 1.82) is 0 Å². The number of H-pyrrole nitrogens is 1. The summed E-state index contributed by atoms with van der Waals surface area (Å²) in [6, 6.07) is 12.9. The molecule has 144 valence electrons. The average Bonchev–Trinajstić information content (AvgIpc) is 3.35. The number of alkyl halides is 3. The molecule has 0 radical (unpaired) electrons. The normalized spacial score (nSPS) is 13.0. The summed E-state index contributed by atoms with van der Waals surface area (Å²) in [5.41, 5.74) is 10.2. The molecule has 2 heterocycles. The van der Waals surface area contributed by atoms with Crippen molar-refractivity contribution in [2.24, 2.45) is 5.73 Å². The Hall–Kier alpha value is -2.91. The molecule has 28 heavy (non-hydrogen) atoms. The fourth-order valence-corrected chi connectivity index (χ4v) is 3.71. The van der Waals surface area contributed by atoms with Crippen molar-refractivity contribution in [3.63, 3.8) is 0 Å². The lowest BCUT2D eigenvalue weighted by atomic mass is 10.0. The predicted octanol–water partition coefficient (Wildman–Crippen LogP) is 4.82. The van der Waals surface area contributed by atoms with Crippen LogP contribution in [0.1, 0.15) is 16.6 Å². The van der Waals surface area contributed by atoms with Gasteiger partial charge in [-0.1, -0.05) is 24.3 Å². The Morgan fingerprint density at radius 1 is 1.11 bits per heavy atom. The van der Waals surface area contributed by atoms with Crippen molar-refractivity contribution in [3.8, 4) is 10.4 Å². The second kappa shape index (κ2) is 7.25. The number of imidazole rings is 1. The van der Waals surface area contributed by atoms with E-state index in [9.17, 15) is 13.2 Å². The third-order valence-electron chi connectivity index (χ3n) is 4.34. The summed E-state index contributed by atoms with van der Waals surface area (Å²) in [6.45, 7) is 0.360. The second-order valence-electron chi connectivity index (χ2n) is 6.22. The predicted molar refractivity (Wildman–Crippen MR) is 104 cm³/mol. The number of aromatic amines is 1. The highest BCUT2D eigenvalue weighted by atomic mass is 32.1. The summed E-state index contributed by atoms with van der Waals surface area (Å²) < 4.78 is 38.2. The highest BCUT2D eigenvalue weighted by Gasteiger charge is 2.34. The molecule has 0 spiro atoms.